The van der Waals surface area contributed by atoms with Crippen LogP contribution in [0.4, 0.5) is 5.69 Å². The van der Waals surface area contributed by atoms with Gasteiger partial charge in [0.05, 0.1) is 4.90 Å². The molecule has 19 heavy (non-hydrogen) atoms. The molecule has 0 radical (unpaired) electrons. The Hall–Kier alpha value is -1.07. The number of nitrogens with one attached hydrogen (secondary N) is 2. The Morgan fingerprint density at radius 2 is 2.21 bits per heavy atom. The fourth-order valence-electron chi connectivity index (χ4n) is 2.52. The van der Waals surface area contributed by atoms with Crippen molar-refractivity contribution in [2.45, 2.75) is 57.0 Å². The lowest BCUT2D eigenvalue weighted by Crippen LogP contribution is -2.32. The third-order valence-corrected chi connectivity index (χ3v) is 4.98. The summed E-state index contributed by atoms with van der Waals surface area (Å²) < 4.78 is 27.3. The van der Waals surface area contributed by atoms with E-state index in [1.807, 2.05) is 19.9 Å². The minimum absolute atomic E-state index is 0.0275. The van der Waals surface area contributed by atoms with Crippen LogP contribution in [0, 0.1) is 0 Å². The third-order valence-electron chi connectivity index (χ3n) is 3.39. The predicted molar refractivity (Wildman–Crippen MR) is 77.9 cm³/mol. The van der Waals surface area contributed by atoms with Crippen LogP contribution in [0.2, 0.25) is 0 Å². The number of hydrogen-bond acceptors (Lipinski definition) is 3. The summed E-state index contributed by atoms with van der Waals surface area (Å²) in [6.07, 6.45) is 2.70. The molecule has 2 rings (SSSR count). The van der Waals surface area contributed by atoms with Crippen molar-refractivity contribution in [1.29, 1.82) is 0 Å². The molecule has 0 aromatic heterocycles. The minimum Gasteiger partial charge on any atom is -0.382 e. The molecule has 2 N–H and O–H groups in total. The topological polar surface area (TPSA) is 58.2 Å². The lowest BCUT2D eigenvalue weighted by Gasteiger charge is -2.13. The molecule has 4 nitrogen and oxygen atoms in total. The molecule has 0 fully saturated rings. The van der Waals surface area contributed by atoms with Gasteiger partial charge in [0, 0.05) is 17.8 Å². The van der Waals surface area contributed by atoms with E-state index in [4.69, 9.17) is 0 Å². The molecular formula is C14H22N2O2S. The SMILES string of the molecule is CCC[C@H](C)NS(=O)(=O)c1ccc2c(c1)C[C@@H](C)N2. The molecule has 1 aliphatic heterocycles. The molecule has 1 aliphatic rings. The molecule has 1 heterocycles. The number of sulfonamides is 1. The molecule has 106 valence electrons. The predicted octanol–water partition coefficient (Wildman–Crippen LogP) is 2.51. The summed E-state index contributed by atoms with van der Waals surface area (Å²) in [4.78, 5) is 0.366. The highest BCUT2D eigenvalue weighted by molar-refractivity contribution is 7.89. The Labute approximate surface area is 115 Å². The van der Waals surface area contributed by atoms with Crippen molar-refractivity contribution < 1.29 is 8.42 Å². The molecule has 0 bridgehead atoms. The van der Waals surface area contributed by atoms with Gasteiger partial charge in [-0.2, -0.15) is 0 Å². The lowest BCUT2D eigenvalue weighted by atomic mass is 10.1. The van der Waals surface area contributed by atoms with Gasteiger partial charge in [-0.1, -0.05) is 13.3 Å². The maximum absolute atomic E-state index is 12.3. The zero-order valence-electron chi connectivity index (χ0n) is 11.7. The monoisotopic (exact) mass is 282 g/mol. The van der Waals surface area contributed by atoms with Crippen LogP contribution in [0.3, 0.4) is 0 Å². The van der Waals surface area contributed by atoms with E-state index in [0.717, 1.165) is 30.5 Å². The van der Waals surface area contributed by atoms with Gasteiger partial charge >= 0.3 is 0 Å². The Morgan fingerprint density at radius 1 is 1.47 bits per heavy atom. The van der Waals surface area contributed by atoms with Crippen molar-refractivity contribution in [2.24, 2.45) is 0 Å². The summed E-state index contributed by atoms with van der Waals surface area (Å²) in [5.74, 6) is 0. The van der Waals surface area contributed by atoms with Crippen LogP contribution in [0.25, 0.3) is 0 Å². The van der Waals surface area contributed by atoms with Gasteiger partial charge in [-0.15, -0.1) is 0 Å². The summed E-state index contributed by atoms with van der Waals surface area (Å²) in [5.41, 5.74) is 2.13. The summed E-state index contributed by atoms with van der Waals surface area (Å²) >= 11 is 0. The average Bonchev–Trinajstić information content (AvgIpc) is 2.67. The fraction of sp³-hybridized carbons (Fsp3) is 0.571. The number of anilines is 1. The molecule has 5 heteroatoms. The highest BCUT2D eigenvalue weighted by Gasteiger charge is 2.22. The lowest BCUT2D eigenvalue weighted by molar-refractivity contribution is 0.544. The second-order valence-corrected chi connectivity index (χ2v) is 7.09. The van der Waals surface area contributed by atoms with Gasteiger partial charge < -0.3 is 5.32 Å². The summed E-state index contributed by atoms with van der Waals surface area (Å²) in [6.45, 7) is 6.04. The Bertz CT molecular complexity index is 555. The van der Waals surface area contributed by atoms with Crippen LogP contribution in [-0.4, -0.2) is 20.5 Å². The highest BCUT2D eigenvalue weighted by atomic mass is 32.2. The molecule has 0 saturated heterocycles. The van der Waals surface area contributed by atoms with Crippen LogP contribution < -0.4 is 10.0 Å². The standard InChI is InChI=1S/C14H22N2O2S/c1-4-5-10(2)16-19(17,18)13-6-7-14-12(9-13)8-11(3)15-14/h6-7,9-11,15-16H,4-5,8H2,1-3H3/t10-,11+/m0/s1. The summed E-state index contributed by atoms with van der Waals surface area (Å²) in [5, 5.41) is 3.32. The smallest absolute Gasteiger partial charge is 0.240 e. The average molecular weight is 282 g/mol. The van der Waals surface area contributed by atoms with Gasteiger partial charge in [0.1, 0.15) is 0 Å². The van der Waals surface area contributed by atoms with Crippen molar-refractivity contribution in [2.75, 3.05) is 5.32 Å². The van der Waals surface area contributed by atoms with Gasteiger partial charge in [0.2, 0.25) is 10.0 Å². The van der Waals surface area contributed by atoms with Crippen LogP contribution >= 0.6 is 0 Å². The van der Waals surface area contributed by atoms with E-state index in [1.54, 1.807) is 12.1 Å². The van der Waals surface area contributed by atoms with E-state index in [9.17, 15) is 8.42 Å². The van der Waals surface area contributed by atoms with Gasteiger partial charge in [-0.25, -0.2) is 13.1 Å². The van der Waals surface area contributed by atoms with E-state index >= 15 is 0 Å². The molecule has 0 saturated carbocycles. The van der Waals surface area contributed by atoms with Crippen LogP contribution in [0.5, 0.6) is 0 Å². The molecule has 0 aliphatic carbocycles. The second-order valence-electron chi connectivity index (χ2n) is 5.38. The molecule has 1 aromatic carbocycles. The van der Waals surface area contributed by atoms with Crippen LogP contribution in [-0.2, 0) is 16.4 Å². The maximum atomic E-state index is 12.3. The van der Waals surface area contributed by atoms with E-state index in [2.05, 4.69) is 17.0 Å². The molecule has 0 unspecified atom stereocenters. The summed E-state index contributed by atoms with van der Waals surface area (Å²) in [7, 11) is -3.40. The maximum Gasteiger partial charge on any atom is 0.240 e. The van der Waals surface area contributed by atoms with Crippen molar-refractivity contribution >= 4 is 15.7 Å². The quantitative estimate of drug-likeness (QED) is 0.872. The fourth-order valence-corrected chi connectivity index (χ4v) is 3.85. The summed E-state index contributed by atoms with van der Waals surface area (Å²) in [6, 6.07) is 5.66. The first-order valence-electron chi connectivity index (χ1n) is 6.84. The van der Waals surface area contributed by atoms with E-state index in [0.29, 0.717) is 10.9 Å². The molecule has 0 amide bonds. The molecular weight excluding hydrogens is 260 g/mol. The van der Waals surface area contributed by atoms with E-state index in [1.165, 1.54) is 0 Å². The largest absolute Gasteiger partial charge is 0.382 e. The Kier molecular flexibility index (Phi) is 4.16. The van der Waals surface area contributed by atoms with Gasteiger partial charge in [-0.05, 0) is 50.5 Å². The third kappa shape index (κ3) is 3.28. The van der Waals surface area contributed by atoms with Crippen molar-refractivity contribution in [3.63, 3.8) is 0 Å². The molecule has 0 spiro atoms. The van der Waals surface area contributed by atoms with Crippen LogP contribution in [0.1, 0.15) is 39.2 Å². The Balaban J connectivity index is 2.20. The van der Waals surface area contributed by atoms with Crippen molar-refractivity contribution in [3.8, 4) is 0 Å². The first-order valence-corrected chi connectivity index (χ1v) is 8.32. The van der Waals surface area contributed by atoms with E-state index < -0.39 is 10.0 Å². The van der Waals surface area contributed by atoms with E-state index in [-0.39, 0.29) is 6.04 Å². The molecule has 2 atom stereocenters. The normalized spacial score (nSPS) is 19.8. The highest BCUT2D eigenvalue weighted by Crippen LogP contribution is 2.28. The van der Waals surface area contributed by atoms with Crippen molar-refractivity contribution in [1.82, 2.24) is 4.72 Å². The zero-order valence-corrected chi connectivity index (χ0v) is 12.5. The first-order chi connectivity index (χ1) is 8.92. The number of hydrogen-bond donors (Lipinski definition) is 2. The first kappa shape index (κ1) is 14.3. The second kappa shape index (κ2) is 5.51. The van der Waals surface area contributed by atoms with Crippen LogP contribution in [0.15, 0.2) is 23.1 Å². The number of benzene rings is 1. The van der Waals surface area contributed by atoms with Gasteiger partial charge in [0.25, 0.3) is 0 Å². The Morgan fingerprint density at radius 3 is 2.89 bits per heavy atom. The van der Waals surface area contributed by atoms with Gasteiger partial charge in [-0.3, -0.25) is 0 Å². The number of rotatable bonds is 5. The van der Waals surface area contributed by atoms with Crippen molar-refractivity contribution in [3.05, 3.63) is 23.8 Å². The minimum atomic E-state index is -3.40. The molecule has 1 aromatic rings. The number of fused-ring (bicyclic) bond motifs is 1. The zero-order chi connectivity index (χ0) is 14.0. The van der Waals surface area contributed by atoms with Gasteiger partial charge in [0.15, 0.2) is 0 Å².